The molecule has 0 saturated carbocycles. The summed E-state index contributed by atoms with van der Waals surface area (Å²) in [6.07, 6.45) is 2.02. The van der Waals surface area contributed by atoms with Crippen LogP contribution in [0.15, 0.2) is 47.4 Å². The van der Waals surface area contributed by atoms with E-state index in [0.29, 0.717) is 39.4 Å². The van der Waals surface area contributed by atoms with E-state index in [1.165, 1.54) is 6.07 Å². The Morgan fingerprint density at radius 1 is 0.966 bits per heavy atom. The maximum Gasteiger partial charge on any atom is 0.256 e. The van der Waals surface area contributed by atoms with E-state index in [1.807, 2.05) is 23.3 Å². The van der Waals surface area contributed by atoms with Crippen LogP contribution in [0.2, 0.25) is 0 Å². The van der Waals surface area contributed by atoms with Crippen LogP contribution in [0.1, 0.15) is 10.4 Å². The van der Waals surface area contributed by atoms with Gasteiger partial charge in [0.2, 0.25) is 0 Å². The highest BCUT2D eigenvalue weighted by Gasteiger charge is 2.26. The number of thioether (sulfide) groups is 1. The third-order valence-electron chi connectivity index (χ3n) is 5.53. The molecule has 2 aromatic rings. The molecule has 2 aromatic carbocycles. The quantitative estimate of drug-likeness (QED) is 0.716. The summed E-state index contributed by atoms with van der Waals surface area (Å²) in [6.45, 7) is 5.62. The van der Waals surface area contributed by atoms with Crippen LogP contribution in [0, 0.1) is 5.82 Å². The van der Waals surface area contributed by atoms with Gasteiger partial charge < -0.3 is 19.4 Å². The van der Waals surface area contributed by atoms with Gasteiger partial charge in [-0.25, -0.2) is 4.39 Å². The fourth-order valence-electron chi connectivity index (χ4n) is 3.90. The van der Waals surface area contributed by atoms with Gasteiger partial charge in [-0.15, -0.1) is 11.8 Å². The molecule has 0 bridgehead atoms. The van der Waals surface area contributed by atoms with Gasteiger partial charge >= 0.3 is 0 Å². The van der Waals surface area contributed by atoms with E-state index in [1.54, 1.807) is 23.9 Å². The monoisotopic (exact) mass is 415 g/mol. The summed E-state index contributed by atoms with van der Waals surface area (Å²) in [5.41, 5.74) is 2.62. The average Bonchev–Trinajstić information content (AvgIpc) is 2.79. The van der Waals surface area contributed by atoms with Gasteiger partial charge in [0.1, 0.15) is 5.82 Å². The first-order chi connectivity index (χ1) is 14.2. The van der Waals surface area contributed by atoms with Gasteiger partial charge in [0, 0.05) is 55.5 Å². The zero-order valence-electron chi connectivity index (χ0n) is 16.6. The molecular weight excluding hydrogens is 389 g/mol. The summed E-state index contributed by atoms with van der Waals surface area (Å²) in [5, 5.41) is 0. The Kier molecular flexibility index (Phi) is 6.25. The van der Waals surface area contributed by atoms with Crippen molar-refractivity contribution in [1.82, 2.24) is 4.90 Å². The third kappa shape index (κ3) is 4.51. The van der Waals surface area contributed by atoms with Crippen molar-refractivity contribution in [3.63, 3.8) is 0 Å². The Morgan fingerprint density at radius 2 is 1.72 bits per heavy atom. The molecule has 2 aliphatic rings. The number of anilines is 2. The summed E-state index contributed by atoms with van der Waals surface area (Å²) >= 11 is 1.64. The van der Waals surface area contributed by atoms with Crippen LogP contribution >= 0.6 is 11.8 Å². The molecule has 2 heterocycles. The number of benzene rings is 2. The van der Waals surface area contributed by atoms with Crippen LogP contribution in [-0.4, -0.2) is 69.5 Å². The maximum atomic E-state index is 13.5. The number of piperazine rings is 1. The second-order valence-electron chi connectivity index (χ2n) is 7.24. The molecular formula is C22H26FN3O2S. The first kappa shape index (κ1) is 20.0. The van der Waals surface area contributed by atoms with E-state index >= 15 is 0 Å². The average molecular weight is 416 g/mol. The van der Waals surface area contributed by atoms with Crippen molar-refractivity contribution in [3.05, 3.63) is 53.8 Å². The summed E-state index contributed by atoms with van der Waals surface area (Å²) in [6, 6.07) is 12.8. The molecule has 0 N–H and O–H groups in total. The summed E-state index contributed by atoms with van der Waals surface area (Å²) < 4.78 is 19.0. The van der Waals surface area contributed by atoms with Gasteiger partial charge in [0.05, 0.1) is 18.8 Å². The molecule has 0 unspecified atom stereocenters. The van der Waals surface area contributed by atoms with E-state index in [0.717, 1.165) is 34.9 Å². The predicted octanol–water partition coefficient (Wildman–Crippen LogP) is 3.35. The minimum atomic E-state index is -0.231. The molecule has 4 rings (SSSR count). The van der Waals surface area contributed by atoms with Crippen LogP contribution in [0.4, 0.5) is 15.8 Å². The van der Waals surface area contributed by atoms with Crippen molar-refractivity contribution in [2.24, 2.45) is 0 Å². The molecule has 154 valence electrons. The highest BCUT2D eigenvalue weighted by atomic mass is 32.2. The maximum absolute atomic E-state index is 13.5. The Labute approximate surface area is 175 Å². The smallest absolute Gasteiger partial charge is 0.256 e. The van der Waals surface area contributed by atoms with Crippen molar-refractivity contribution >= 4 is 29.0 Å². The minimum absolute atomic E-state index is 0.0706. The standard InChI is InChI=1S/C22H26FN3O2S/c1-29-19-5-6-21(25-11-13-28-14-12-25)20(16-19)22(27)26-9-7-24(8-10-26)18-4-2-3-17(23)15-18/h2-6,15-16H,7-14H2,1H3. The van der Waals surface area contributed by atoms with Crippen molar-refractivity contribution in [2.75, 3.05) is 68.5 Å². The largest absolute Gasteiger partial charge is 0.378 e. The number of carbonyl (C=O) groups excluding carboxylic acids is 1. The second kappa shape index (κ2) is 9.05. The van der Waals surface area contributed by atoms with Crippen molar-refractivity contribution < 1.29 is 13.9 Å². The molecule has 2 saturated heterocycles. The number of morpholine rings is 1. The molecule has 0 aromatic heterocycles. The van der Waals surface area contributed by atoms with E-state index in [4.69, 9.17) is 4.74 Å². The molecule has 29 heavy (non-hydrogen) atoms. The zero-order valence-corrected chi connectivity index (χ0v) is 17.5. The minimum Gasteiger partial charge on any atom is -0.378 e. The van der Waals surface area contributed by atoms with Gasteiger partial charge in [-0.05, 0) is 42.7 Å². The molecule has 0 radical (unpaired) electrons. The van der Waals surface area contributed by atoms with Gasteiger partial charge in [-0.3, -0.25) is 4.79 Å². The Hall–Kier alpha value is -2.25. The Bertz CT molecular complexity index is 865. The number of amides is 1. The topological polar surface area (TPSA) is 36.0 Å². The summed E-state index contributed by atoms with van der Waals surface area (Å²) in [4.78, 5) is 20.8. The van der Waals surface area contributed by atoms with Crippen LogP contribution in [0.3, 0.4) is 0 Å². The lowest BCUT2D eigenvalue weighted by Gasteiger charge is -2.37. The number of rotatable bonds is 4. The summed E-state index contributed by atoms with van der Waals surface area (Å²) in [7, 11) is 0. The number of ether oxygens (including phenoxy) is 1. The van der Waals surface area contributed by atoms with Gasteiger partial charge in [0.15, 0.2) is 0 Å². The lowest BCUT2D eigenvalue weighted by molar-refractivity contribution is 0.0746. The fourth-order valence-corrected chi connectivity index (χ4v) is 4.34. The zero-order chi connectivity index (χ0) is 20.2. The number of nitrogens with zero attached hydrogens (tertiary/aromatic N) is 3. The van der Waals surface area contributed by atoms with E-state index in [2.05, 4.69) is 21.9 Å². The Balaban J connectivity index is 1.50. The van der Waals surface area contributed by atoms with E-state index in [9.17, 15) is 9.18 Å². The van der Waals surface area contributed by atoms with Gasteiger partial charge in [-0.1, -0.05) is 6.07 Å². The predicted molar refractivity (Wildman–Crippen MR) is 116 cm³/mol. The van der Waals surface area contributed by atoms with E-state index < -0.39 is 0 Å². The van der Waals surface area contributed by atoms with Crippen LogP contribution < -0.4 is 9.80 Å². The fraction of sp³-hybridized carbons (Fsp3) is 0.409. The van der Waals surface area contributed by atoms with Gasteiger partial charge in [0.25, 0.3) is 5.91 Å². The summed E-state index contributed by atoms with van der Waals surface area (Å²) in [5.74, 6) is -0.161. The van der Waals surface area contributed by atoms with Crippen molar-refractivity contribution in [1.29, 1.82) is 0 Å². The number of carbonyl (C=O) groups is 1. The lowest BCUT2D eigenvalue weighted by atomic mass is 10.1. The Morgan fingerprint density at radius 3 is 2.41 bits per heavy atom. The third-order valence-corrected chi connectivity index (χ3v) is 6.25. The number of halogens is 1. The van der Waals surface area contributed by atoms with Crippen LogP contribution in [-0.2, 0) is 4.74 Å². The second-order valence-corrected chi connectivity index (χ2v) is 8.12. The van der Waals surface area contributed by atoms with Crippen molar-refractivity contribution in [2.45, 2.75) is 4.90 Å². The lowest BCUT2D eigenvalue weighted by Crippen LogP contribution is -2.49. The normalized spacial score (nSPS) is 17.5. The van der Waals surface area contributed by atoms with E-state index in [-0.39, 0.29) is 11.7 Å². The van der Waals surface area contributed by atoms with Gasteiger partial charge in [-0.2, -0.15) is 0 Å². The first-order valence-corrected chi connectivity index (χ1v) is 11.2. The first-order valence-electron chi connectivity index (χ1n) is 9.96. The highest BCUT2D eigenvalue weighted by molar-refractivity contribution is 7.98. The number of hydrogen-bond donors (Lipinski definition) is 0. The van der Waals surface area contributed by atoms with Crippen LogP contribution in [0.25, 0.3) is 0 Å². The molecule has 7 heteroatoms. The molecule has 5 nitrogen and oxygen atoms in total. The number of hydrogen-bond acceptors (Lipinski definition) is 5. The molecule has 0 spiro atoms. The molecule has 1 amide bonds. The molecule has 2 aliphatic heterocycles. The molecule has 0 atom stereocenters. The molecule has 2 fully saturated rings. The molecule has 0 aliphatic carbocycles. The van der Waals surface area contributed by atoms with Crippen LogP contribution in [0.5, 0.6) is 0 Å². The SMILES string of the molecule is CSc1ccc(N2CCOCC2)c(C(=O)N2CCN(c3cccc(F)c3)CC2)c1. The van der Waals surface area contributed by atoms with Crippen molar-refractivity contribution in [3.8, 4) is 0 Å². The highest BCUT2D eigenvalue weighted by Crippen LogP contribution is 2.29.